The van der Waals surface area contributed by atoms with Gasteiger partial charge < -0.3 is 10.2 Å². The van der Waals surface area contributed by atoms with Crippen LogP contribution < -0.4 is 10.2 Å². The summed E-state index contributed by atoms with van der Waals surface area (Å²) in [4.78, 5) is 24.9. The molecule has 1 heterocycles. The fraction of sp³-hybridized carbons (Fsp3) is 0.278. The van der Waals surface area contributed by atoms with Gasteiger partial charge in [0, 0.05) is 42.2 Å². The van der Waals surface area contributed by atoms with Crippen LogP contribution in [0, 0.1) is 10.1 Å². The Hall–Kier alpha value is -2.89. The number of piperidine rings is 1. The monoisotopic (exact) mass is 325 g/mol. The van der Waals surface area contributed by atoms with Gasteiger partial charge in [-0.3, -0.25) is 14.9 Å². The number of carbonyl (C=O) groups is 1. The van der Waals surface area contributed by atoms with Gasteiger partial charge >= 0.3 is 0 Å². The van der Waals surface area contributed by atoms with Gasteiger partial charge in [0.05, 0.1) is 4.92 Å². The number of amides is 1. The number of nitro benzene ring substituents is 1. The third-order valence-electron chi connectivity index (χ3n) is 4.17. The number of hydrogen-bond acceptors (Lipinski definition) is 4. The normalized spacial score (nSPS) is 14.2. The quantitative estimate of drug-likeness (QED) is 0.684. The minimum atomic E-state index is -0.483. The summed E-state index contributed by atoms with van der Waals surface area (Å²) < 4.78 is 0. The van der Waals surface area contributed by atoms with E-state index in [1.165, 1.54) is 31.4 Å². The van der Waals surface area contributed by atoms with E-state index in [0.717, 1.165) is 18.8 Å². The zero-order valence-corrected chi connectivity index (χ0v) is 13.3. The Kier molecular flexibility index (Phi) is 4.74. The van der Waals surface area contributed by atoms with Gasteiger partial charge in [0.15, 0.2) is 0 Å². The molecule has 2 aromatic carbocycles. The summed E-state index contributed by atoms with van der Waals surface area (Å²) >= 11 is 0. The molecule has 124 valence electrons. The van der Waals surface area contributed by atoms with E-state index < -0.39 is 4.92 Å². The lowest BCUT2D eigenvalue weighted by Crippen LogP contribution is -2.29. The predicted molar refractivity (Wildman–Crippen MR) is 93.6 cm³/mol. The summed E-state index contributed by atoms with van der Waals surface area (Å²) in [7, 11) is 0. The van der Waals surface area contributed by atoms with Crippen molar-refractivity contribution in [3.05, 3.63) is 64.2 Å². The first-order chi connectivity index (χ1) is 11.6. The molecule has 6 heteroatoms. The molecule has 0 bridgehead atoms. The van der Waals surface area contributed by atoms with E-state index >= 15 is 0 Å². The van der Waals surface area contributed by atoms with E-state index in [4.69, 9.17) is 0 Å². The van der Waals surface area contributed by atoms with E-state index in [1.807, 2.05) is 12.1 Å². The van der Waals surface area contributed by atoms with Gasteiger partial charge in [-0.05, 0) is 49.6 Å². The van der Waals surface area contributed by atoms with Crippen molar-refractivity contribution < 1.29 is 9.72 Å². The summed E-state index contributed by atoms with van der Waals surface area (Å²) in [5, 5.41) is 13.5. The van der Waals surface area contributed by atoms with Gasteiger partial charge in [0.25, 0.3) is 11.6 Å². The van der Waals surface area contributed by atoms with Crippen LogP contribution in [0.25, 0.3) is 0 Å². The molecule has 0 saturated carbocycles. The highest BCUT2D eigenvalue weighted by Crippen LogP contribution is 2.21. The maximum atomic E-state index is 12.3. The maximum absolute atomic E-state index is 12.3. The van der Waals surface area contributed by atoms with E-state index in [0.29, 0.717) is 11.3 Å². The number of nitro groups is 1. The van der Waals surface area contributed by atoms with Gasteiger partial charge in [0.1, 0.15) is 0 Å². The van der Waals surface area contributed by atoms with E-state index in [9.17, 15) is 14.9 Å². The lowest BCUT2D eigenvalue weighted by molar-refractivity contribution is -0.384. The highest BCUT2D eigenvalue weighted by molar-refractivity contribution is 6.04. The average molecular weight is 325 g/mol. The van der Waals surface area contributed by atoms with Crippen molar-refractivity contribution in [1.82, 2.24) is 0 Å². The Morgan fingerprint density at radius 1 is 1.04 bits per heavy atom. The van der Waals surface area contributed by atoms with E-state index in [2.05, 4.69) is 10.2 Å². The molecule has 1 amide bonds. The molecule has 1 aliphatic rings. The van der Waals surface area contributed by atoms with Crippen LogP contribution in [0.5, 0.6) is 0 Å². The fourth-order valence-electron chi connectivity index (χ4n) is 2.88. The van der Waals surface area contributed by atoms with Crippen LogP contribution in [0.3, 0.4) is 0 Å². The fourth-order valence-corrected chi connectivity index (χ4v) is 2.88. The van der Waals surface area contributed by atoms with Crippen LogP contribution in [0.2, 0.25) is 0 Å². The Bertz CT molecular complexity index is 737. The zero-order chi connectivity index (χ0) is 16.9. The van der Waals surface area contributed by atoms with Crippen LogP contribution in [0.4, 0.5) is 17.1 Å². The van der Waals surface area contributed by atoms with Crippen molar-refractivity contribution in [3.63, 3.8) is 0 Å². The summed E-state index contributed by atoms with van der Waals surface area (Å²) in [5.74, 6) is -0.277. The number of nitrogens with one attached hydrogen (secondary N) is 1. The molecule has 2 aromatic rings. The first kappa shape index (κ1) is 16.0. The average Bonchev–Trinajstić information content (AvgIpc) is 2.63. The van der Waals surface area contributed by atoms with Gasteiger partial charge in [-0.1, -0.05) is 6.07 Å². The van der Waals surface area contributed by atoms with Crippen molar-refractivity contribution in [1.29, 1.82) is 0 Å². The first-order valence-corrected chi connectivity index (χ1v) is 8.04. The van der Waals surface area contributed by atoms with Gasteiger partial charge in [-0.2, -0.15) is 0 Å². The molecule has 0 radical (unpaired) electrons. The number of anilines is 2. The van der Waals surface area contributed by atoms with Crippen LogP contribution in [-0.2, 0) is 0 Å². The second-order valence-electron chi connectivity index (χ2n) is 5.86. The second kappa shape index (κ2) is 7.12. The number of carbonyl (C=O) groups excluding carboxylic acids is 1. The number of non-ortho nitro benzene ring substituents is 1. The molecule has 1 N–H and O–H groups in total. The van der Waals surface area contributed by atoms with Gasteiger partial charge in [-0.15, -0.1) is 0 Å². The van der Waals surface area contributed by atoms with Crippen LogP contribution in [0.15, 0.2) is 48.5 Å². The highest BCUT2D eigenvalue weighted by Gasteiger charge is 2.13. The van der Waals surface area contributed by atoms with Crippen molar-refractivity contribution in [2.24, 2.45) is 0 Å². The van der Waals surface area contributed by atoms with E-state index in [-0.39, 0.29) is 11.6 Å². The smallest absolute Gasteiger partial charge is 0.271 e. The van der Waals surface area contributed by atoms with Crippen LogP contribution in [-0.4, -0.2) is 23.9 Å². The molecule has 0 aliphatic carbocycles. The SMILES string of the molecule is O=C(Nc1cccc([N+](=O)[O-])c1)c1ccc(N2CCCCC2)cc1. The molecule has 1 fully saturated rings. The number of rotatable bonds is 4. The summed E-state index contributed by atoms with van der Waals surface area (Å²) in [6.45, 7) is 2.11. The maximum Gasteiger partial charge on any atom is 0.271 e. The summed E-state index contributed by atoms with van der Waals surface area (Å²) in [5.41, 5.74) is 2.02. The molecule has 1 saturated heterocycles. The zero-order valence-electron chi connectivity index (χ0n) is 13.3. The Labute approximate surface area is 140 Å². The predicted octanol–water partition coefficient (Wildman–Crippen LogP) is 3.84. The second-order valence-corrected chi connectivity index (χ2v) is 5.86. The molecule has 0 unspecified atom stereocenters. The van der Waals surface area contributed by atoms with E-state index in [1.54, 1.807) is 24.3 Å². The third-order valence-corrected chi connectivity index (χ3v) is 4.17. The summed E-state index contributed by atoms with van der Waals surface area (Å²) in [6, 6.07) is 13.4. The van der Waals surface area contributed by atoms with Gasteiger partial charge in [0.2, 0.25) is 0 Å². The minimum absolute atomic E-state index is 0.0479. The molecule has 0 spiro atoms. The Balaban J connectivity index is 1.68. The van der Waals surface area contributed by atoms with Crippen molar-refractivity contribution in [2.45, 2.75) is 19.3 Å². The largest absolute Gasteiger partial charge is 0.372 e. The lowest BCUT2D eigenvalue weighted by Gasteiger charge is -2.28. The number of benzene rings is 2. The van der Waals surface area contributed by atoms with Gasteiger partial charge in [-0.25, -0.2) is 0 Å². The highest BCUT2D eigenvalue weighted by atomic mass is 16.6. The third kappa shape index (κ3) is 3.71. The lowest BCUT2D eigenvalue weighted by atomic mass is 10.1. The number of hydrogen-bond donors (Lipinski definition) is 1. The molecule has 6 nitrogen and oxygen atoms in total. The molecular formula is C18H19N3O3. The van der Waals surface area contributed by atoms with Crippen molar-refractivity contribution in [2.75, 3.05) is 23.3 Å². The molecular weight excluding hydrogens is 306 g/mol. The molecule has 0 aromatic heterocycles. The van der Waals surface area contributed by atoms with Crippen LogP contribution >= 0.6 is 0 Å². The van der Waals surface area contributed by atoms with Crippen molar-refractivity contribution in [3.8, 4) is 0 Å². The molecule has 0 atom stereocenters. The summed E-state index contributed by atoms with van der Waals surface area (Å²) in [6.07, 6.45) is 3.68. The van der Waals surface area contributed by atoms with Crippen molar-refractivity contribution >= 4 is 23.0 Å². The number of nitrogens with zero attached hydrogens (tertiary/aromatic N) is 2. The van der Waals surface area contributed by atoms with Crippen LogP contribution in [0.1, 0.15) is 29.6 Å². The Morgan fingerprint density at radius 2 is 1.75 bits per heavy atom. The molecule has 3 rings (SSSR count). The minimum Gasteiger partial charge on any atom is -0.372 e. The Morgan fingerprint density at radius 3 is 2.42 bits per heavy atom. The topological polar surface area (TPSA) is 75.5 Å². The molecule has 24 heavy (non-hydrogen) atoms. The standard InChI is InChI=1S/C18H19N3O3/c22-18(19-15-5-4-6-17(13-15)21(23)24)14-7-9-16(10-8-14)20-11-2-1-3-12-20/h4-10,13H,1-3,11-12H2,(H,19,22). The first-order valence-electron chi connectivity index (χ1n) is 8.04. The molecule has 1 aliphatic heterocycles.